The monoisotopic (exact) mass is 170 g/mol. The zero-order valence-corrected chi connectivity index (χ0v) is 7.25. The first-order valence-corrected chi connectivity index (χ1v) is 4.54. The molecule has 0 spiro atoms. The smallest absolute Gasteiger partial charge is 0.0423 e. The van der Waals surface area contributed by atoms with Gasteiger partial charge >= 0.3 is 0 Å². The number of benzene rings is 1. The normalized spacial score (nSPS) is 14.2. The molecule has 0 radical (unpaired) electrons. The fraction of sp³-hybridized carbons (Fsp3) is 0.182. The Morgan fingerprint density at radius 1 is 1.23 bits per heavy atom. The van der Waals surface area contributed by atoms with Gasteiger partial charge in [0.05, 0.1) is 0 Å². The van der Waals surface area contributed by atoms with E-state index >= 15 is 0 Å². The Morgan fingerprint density at radius 3 is 3.23 bits per heavy atom. The molecule has 0 saturated carbocycles. The summed E-state index contributed by atoms with van der Waals surface area (Å²) in [4.78, 5) is 4.23. The van der Waals surface area contributed by atoms with Crippen LogP contribution in [-0.2, 0) is 6.42 Å². The maximum Gasteiger partial charge on any atom is 0.0423 e. The summed E-state index contributed by atoms with van der Waals surface area (Å²) in [6.45, 7) is 1.03. The molecule has 1 aliphatic rings. The molecule has 0 amide bonds. The van der Waals surface area contributed by atoms with Gasteiger partial charge in [-0.2, -0.15) is 0 Å². The molecule has 1 aliphatic heterocycles. The highest BCUT2D eigenvalue weighted by Crippen LogP contribution is 2.29. The first-order valence-electron chi connectivity index (χ1n) is 4.54. The van der Waals surface area contributed by atoms with Gasteiger partial charge in [0.15, 0.2) is 0 Å². The third-order valence-corrected chi connectivity index (χ3v) is 2.57. The van der Waals surface area contributed by atoms with Crippen molar-refractivity contribution in [1.29, 1.82) is 0 Å². The number of nitrogens with one attached hydrogen (secondary N) is 1. The van der Waals surface area contributed by atoms with E-state index in [1.807, 2.05) is 12.4 Å². The van der Waals surface area contributed by atoms with Crippen molar-refractivity contribution in [3.63, 3.8) is 0 Å². The van der Waals surface area contributed by atoms with Crippen molar-refractivity contribution in [2.45, 2.75) is 6.42 Å². The van der Waals surface area contributed by atoms with E-state index in [0.29, 0.717) is 0 Å². The molecule has 13 heavy (non-hydrogen) atoms. The number of nitrogens with zero attached hydrogens (tertiary/aromatic N) is 1. The fourth-order valence-corrected chi connectivity index (χ4v) is 1.98. The molecule has 0 unspecified atom stereocenters. The summed E-state index contributed by atoms with van der Waals surface area (Å²) in [7, 11) is 0. The summed E-state index contributed by atoms with van der Waals surface area (Å²) in [5.41, 5.74) is 2.62. The number of aromatic nitrogens is 1. The average Bonchev–Trinajstić information content (AvgIpc) is 2.19. The molecule has 2 heterocycles. The van der Waals surface area contributed by atoms with Gasteiger partial charge in [0.2, 0.25) is 0 Å². The van der Waals surface area contributed by atoms with E-state index < -0.39 is 0 Å². The lowest BCUT2D eigenvalue weighted by atomic mass is 10.0. The van der Waals surface area contributed by atoms with Crippen molar-refractivity contribution in [2.75, 3.05) is 11.9 Å². The molecule has 1 N–H and O–H groups in total. The number of anilines is 1. The van der Waals surface area contributed by atoms with Crippen LogP contribution in [0.5, 0.6) is 0 Å². The van der Waals surface area contributed by atoms with Crippen LogP contribution < -0.4 is 5.32 Å². The van der Waals surface area contributed by atoms with E-state index in [9.17, 15) is 0 Å². The Kier molecular flexibility index (Phi) is 1.30. The second-order valence-electron chi connectivity index (χ2n) is 3.38. The van der Waals surface area contributed by atoms with Crippen molar-refractivity contribution < 1.29 is 0 Å². The van der Waals surface area contributed by atoms with Crippen molar-refractivity contribution in [3.05, 3.63) is 36.2 Å². The van der Waals surface area contributed by atoms with Crippen LogP contribution in [0.15, 0.2) is 30.6 Å². The largest absolute Gasteiger partial charge is 0.384 e. The Hall–Kier alpha value is -1.57. The van der Waals surface area contributed by atoms with Gasteiger partial charge in [0, 0.05) is 35.4 Å². The second kappa shape index (κ2) is 2.46. The van der Waals surface area contributed by atoms with Crippen LogP contribution in [0.3, 0.4) is 0 Å². The first-order chi connectivity index (χ1) is 6.45. The molecule has 64 valence electrons. The number of rotatable bonds is 0. The van der Waals surface area contributed by atoms with Gasteiger partial charge < -0.3 is 5.32 Å². The van der Waals surface area contributed by atoms with Crippen LogP contribution in [0.25, 0.3) is 10.8 Å². The van der Waals surface area contributed by atoms with Crippen LogP contribution in [-0.4, -0.2) is 11.5 Å². The van der Waals surface area contributed by atoms with Crippen LogP contribution in [0, 0.1) is 0 Å². The standard InChI is InChI=1S/C11H10N2/c1-2-8-6-12-7-9-4-5-13-10(3-1)11(8)9/h1-3,6-7,13H,4-5H2. The van der Waals surface area contributed by atoms with Crippen molar-refractivity contribution >= 4 is 16.5 Å². The molecule has 0 atom stereocenters. The highest BCUT2D eigenvalue weighted by Gasteiger charge is 2.10. The molecule has 0 fully saturated rings. The number of pyridine rings is 1. The summed E-state index contributed by atoms with van der Waals surface area (Å²) in [5.74, 6) is 0. The topological polar surface area (TPSA) is 24.9 Å². The third kappa shape index (κ3) is 0.917. The molecular weight excluding hydrogens is 160 g/mol. The van der Waals surface area contributed by atoms with Crippen molar-refractivity contribution in [2.24, 2.45) is 0 Å². The lowest BCUT2D eigenvalue weighted by molar-refractivity contribution is 1.000. The van der Waals surface area contributed by atoms with Crippen LogP contribution >= 0.6 is 0 Å². The highest BCUT2D eigenvalue weighted by atomic mass is 14.9. The Labute approximate surface area is 76.6 Å². The SMILES string of the molecule is c1cc2c3c(cncc3c1)CCN2. The van der Waals surface area contributed by atoms with E-state index in [1.165, 1.54) is 22.0 Å². The summed E-state index contributed by atoms with van der Waals surface area (Å²) in [6, 6.07) is 6.31. The average molecular weight is 170 g/mol. The van der Waals surface area contributed by atoms with Gasteiger partial charge in [-0.15, -0.1) is 0 Å². The van der Waals surface area contributed by atoms with Gasteiger partial charge in [0.1, 0.15) is 0 Å². The van der Waals surface area contributed by atoms with Crippen LogP contribution in [0.4, 0.5) is 5.69 Å². The maximum absolute atomic E-state index is 4.23. The molecule has 2 nitrogen and oxygen atoms in total. The minimum atomic E-state index is 1.03. The van der Waals surface area contributed by atoms with E-state index in [2.05, 4.69) is 28.5 Å². The minimum absolute atomic E-state index is 1.03. The summed E-state index contributed by atoms with van der Waals surface area (Å²) >= 11 is 0. The zero-order valence-electron chi connectivity index (χ0n) is 7.25. The van der Waals surface area contributed by atoms with Crippen molar-refractivity contribution in [3.8, 4) is 0 Å². The maximum atomic E-state index is 4.23. The van der Waals surface area contributed by atoms with E-state index in [-0.39, 0.29) is 0 Å². The van der Waals surface area contributed by atoms with E-state index in [4.69, 9.17) is 0 Å². The Balaban J connectivity index is 2.49. The van der Waals surface area contributed by atoms with Gasteiger partial charge in [0.25, 0.3) is 0 Å². The molecule has 1 aromatic heterocycles. The summed E-state index contributed by atoms with van der Waals surface area (Å²) < 4.78 is 0. The molecule has 2 heteroatoms. The second-order valence-corrected chi connectivity index (χ2v) is 3.38. The highest BCUT2D eigenvalue weighted by molar-refractivity contribution is 5.96. The van der Waals surface area contributed by atoms with Crippen LogP contribution in [0.2, 0.25) is 0 Å². The van der Waals surface area contributed by atoms with Crippen molar-refractivity contribution in [1.82, 2.24) is 4.98 Å². The molecular formula is C11H10N2. The summed E-state index contributed by atoms with van der Waals surface area (Å²) in [5, 5.41) is 5.99. The lowest BCUT2D eigenvalue weighted by Crippen LogP contribution is -2.11. The van der Waals surface area contributed by atoms with Crippen LogP contribution in [0.1, 0.15) is 5.56 Å². The Bertz CT molecular complexity index is 424. The number of hydrogen-bond donors (Lipinski definition) is 1. The lowest BCUT2D eigenvalue weighted by Gasteiger charge is -2.17. The fourth-order valence-electron chi connectivity index (χ4n) is 1.98. The number of hydrogen-bond acceptors (Lipinski definition) is 2. The summed E-state index contributed by atoms with van der Waals surface area (Å²) in [6.07, 6.45) is 4.99. The molecule has 3 rings (SSSR count). The molecule has 2 aromatic rings. The van der Waals surface area contributed by atoms with Gasteiger partial charge in [-0.3, -0.25) is 4.98 Å². The van der Waals surface area contributed by atoms with Gasteiger partial charge in [-0.05, 0) is 18.1 Å². The first kappa shape index (κ1) is 6.89. The Morgan fingerprint density at radius 2 is 2.23 bits per heavy atom. The molecule has 0 aliphatic carbocycles. The predicted octanol–water partition coefficient (Wildman–Crippen LogP) is 2.20. The third-order valence-electron chi connectivity index (χ3n) is 2.57. The molecule has 1 aromatic carbocycles. The van der Waals surface area contributed by atoms with Gasteiger partial charge in [-0.25, -0.2) is 0 Å². The molecule has 0 saturated heterocycles. The predicted molar refractivity (Wildman–Crippen MR) is 53.9 cm³/mol. The zero-order chi connectivity index (χ0) is 8.67. The molecule has 0 bridgehead atoms. The van der Waals surface area contributed by atoms with E-state index in [0.717, 1.165) is 13.0 Å². The quantitative estimate of drug-likeness (QED) is 0.655. The van der Waals surface area contributed by atoms with E-state index in [1.54, 1.807) is 0 Å². The minimum Gasteiger partial charge on any atom is -0.384 e. The van der Waals surface area contributed by atoms with Gasteiger partial charge in [-0.1, -0.05) is 12.1 Å².